The predicted molar refractivity (Wildman–Crippen MR) is 78.9 cm³/mol. The summed E-state index contributed by atoms with van der Waals surface area (Å²) >= 11 is 5.88. The topological polar surface area (TPSA) is 75.6 Å². The number of carboxylic acid groups (broad SMARTS) is 1. The number of amides is 1. The third-order valence-electron chi connectivity index (χ3n) is 3.84. The highest BCUT2D eigenvalue weighted by Crippen LogP contribution is 2.33. The number of halogens is 1. The normalized spacial score (nSPS) is 16.5. The van der Waals surface area contributed by atoms with Crippen molar-refractivity contribution in [3.8, 4) is 5.75 Å². The van der Waals surface area contributed by atoms with Gasteiger partial charge in [-0.15, -0.1) is 0 Å². The second kappa shape index (κ2) is 6.35. The van der Waals surface area contributed by atoms with E-state index in [4.69, 9.17) is 21.4 Å². The smallest absolute Gasteiger partial charge is 0.305 e. The number of carbonyl (C=O) groups is 2. The minimum Gasteiger partial charge on any atom is -0.496 e. The molecule has 2 rings (SSSR count). The number of ether oxygens (including phenoxy) is 1. The number of nitrogens with one attached hydrogen (secondary N) is 1. The molecule has 1 saturated carbocycles. The molecule has 0 heterocycles. The predicted octanol–water partition coefficient (Wildman–Crippen LogP) is 2.87. The molecule has 0 unspecified atom stereocenters. The zero-order chi connectivity index (χ0) is 15.5. The molecule has 0 atom stereocenters. The quantitative estimate of drug-likeness (QED) is 0.876. The summed E-state index contributed by atoms with van der Waals surface area (Å²) in [6, 6.07) is 4.76. The lowest BCUT2D eigenvalue weighted by Crippen LogP contribution is -2.47. The number of carboxylic acids is 1. The van der Waals surface area contributed by atoms with Crippen molar-refractivity contribution in [2.24, 2.45) is 0 Å². The van der Waals surface area contributed by atoms with Crippen LogP contribution in [0.4, 0.5) is 0 Å². The van der Waals surface area contributed by atoms with Gasteiger partial charge < -0.3 is 15.2 Å². The van der Waals surface area contributed by atoms with Gasteiger partial charge in [0.2, 0.25) is 0 Å². The van der Waals surface area contributed by atoms with E-state index in [2.05, 4.69) is 5.32 Å². The van der Waals surface area contributed by atoms with E-state index in [0.29, 0.717) is 29.2 Å². The number of aliphatic carboxylic acids is 1. The standard InChI is InChI=1S/C15H18ClNO4/c1-21-12-8-10(16)4-5-11(12)14(20)17-15(9-13(18)19)6-2-3-7-15/h4-5,8H,2-3,6-7,9H2,1H3,(H,17,20)(H,18,19). The Morgan fingerprint density at radius 1 is 1.38 bits per heavy atom. The fourth-order valence-corrected chi connectivity index (χ4v) is 3.01. The van der Waals surface area contributed by atoms with Gasteiger partial charge in [-0.2, -0.15) is 0 Å². The summed E-state index contributed by atoms with van der Waals surface area (Å²) in [7, 11) is 1.46. The Bertz CT molecular complexity index is 553. The first kappa shape index (κ1) is 15.6. The van der Waals surface area contributed by atoms with Gasteiger partial charge in [0.1, 0.15) is 5.75 Å². The summed E-state index contributed by atoms with van der Waals surface area (Å²) < 4.78 is 5.16. The van der Waals surface area contributed by atoms with Crippen molar-refractivity contribution in [1.82, 2.24) is 5.32 Å². The van der Waals surface area contributed by atoms with Crippen LogP contribution in [0.1, 0.15) is 42.5 Å². The molecule has 1 aromatic carbocycles. The molecule has 1 fully saturated rings. The third-order valence-corrected chi connectivity index (χ3v) is 4.07. The van der Waals surface area contributed by atoms with Crippen LogP contribution in [0.3, 0.4) is 0 Å². The highest BCUT2D eigenvalue weighted by Gasteiger charge is 2.38. The largest absolute Gasteiger partial charge is 0.496 e. The summed E-state index contributed by atoms with van der Waals surface area (Å²) in [6.45, 7) is 0. The van der Waals surface area contributed by atoms with Crippen molar-refractivity contribution < 1.29 is 19.4 Å². The van der Waals surface area contributed by atoms with Gasteiger partial charge in [-0.05, 0) is 31.0 Å². The average Bonchev–Trinajstić information content (AvgIpc) is 2.85. The van der Waals surface area contributed by atoms with Crippen LogP contribution in [0.5, 0.6) is 5.75 Å². The van der Waals surface area contributed by atoms with Crippen molar-refractivity contribution in [2.45, 2.75) is 37.6 Å². The minimum atomic E-state index is -0.903. The SMILES string of the molecule is COc1cc(Cl)ccc1C(=O)NC1(CC(=O)O)CCCC1. The Kier molecular flexibility index (Phi) is 4.73. The highest BCUT2D eigenvalue weighted by molar-refractivity contribution is 6.30. The molecule has 114 valence electrons. The van der Waals surface area contributed by atoms with Crippen LogP contribution in [0.25, 0.3) is 0 Å². The zero-order valence-electron chi connectivity index (χ0n) is 11.8. The summed E-state index contributed by atoms with van der Waals surface area (Å²) in [4.78, 5) is 23.5. The number of hydrogen-bond acceptors (Lipinski definition) is 3. The third kappa shape index (κ3) is 3.67. The van der Waals surface area contributed by atoms with Crippen LogP contribution in [-0.4, -0.2) is 29.6 Å². The van der Waals surface area contributed by atoms with Gasteiger partial charge in [-0.25, -0.2) is 0 Å². The molecular weight excluding hydrogens is 294 g/mol. The molecule has 0 aliphatic heterocycles. The maximum Gasteiger partial charge on any atom is 0.305 e. The van der Waals surface area contributed by atoms with E-state index < -0.39 is 11.5 Å². The van der Waals surface area contributed by atoms with Gasteiger partial charge in [-0.1, -0.05) is 24.4 Å². The van der Waals surface area contributed by atoms with Gasteiger partial charge in [0, 0.05) is 5.02 Å². The number of rotatable bonds is 5. The maximum absolute atomic E-state index is 12.5. The first-order valence-electron chi connectivity index (χ1n) is 6.84. The van der Waals surface area contributed by atoms with E-state index in [1.54, 1.807) is 18.2 Å². The van der Waals surface area contributed by atoms with Crippen LogP contribution < -0.4 is 10.1 Å². The fraction of sp³-hybridized carbons (Fsp3) is 0.467. The van der Waals surface area contributed by atoms with Gasteiger partial charge in [0.25, 0.3) is 5.91 Å². The lowest BCUT2D eigenvalue weighted by Gasteiger charge is -2.29. The van der Waals surface area contributed by atoms with Crippen molar-refractivity contribution in [1.29, 1.82) is 0 Å². The molecule has 5 nitrogen and oxygen atoms in total. The molecule has 21 heavy (non-hydrogen) atoms. The van der Waals surface area contributed by atoms with Crippen LogP contribution >= 0.6 is 11.6 Å². The van der Waals surface area contributed by atoms with E-state index in [1.165, 1.54) is 7.11 Å². The molecule has 1 aliphatic rings. The Hall–Kier alpha value is -1.75. The number of methoxy groups -OCH3 is 1. The van der Waals surface area contributed by atoms with Gasteiger partial charge in [-0.3, -0.25) is 9.59 Å². The summed E-state index contributed by atoms with van der Waals surface area (Å²) in [6.07, 6.45) is 3.15. The van der Waals surface area contributed by atoms with E-state index in [0.717, 1.165) is 12.8 Å². The molecule has 1 aliphatic carbocycles. The second-order valence-corrected chi connectivity index (χ2v) is 5.79. The van der Waals surface area contributed by atoms with Gasteiger partial charge >= 0.3 is 5.97 Å². The molecule has 0 saturated heterocycles. The molecule has 1 aromatic rings. The minimum absolute atomic E-state index is 0.0609. The summed E-state index contributed by atoms with van der Waals surface area (Å²) in [5.74, 6) is -0.851. The van der Waals surface area contributed by atoms with E-state index in [1.807, 2.05) is 0 Å². The Balaban J connectivity index is 2.21. The fourth-order valence-electron chi connectivity index (χ4n) is 2.85. The first-order chi connectivity index (χ1) is 9.96. The Morgan fingerprint density at radius 2 is 2.05 bits per heavy atom. The number of hydrogen-bond donors (Lipinski definition) is 2. The van der Waals surface area contributed by atoms with E-state index in [-0.39, 0.29) is 12.3 Å². The molecular formula is C15H18ClNO4. The van der Waals surface area contributed by atoms with Gasteiger partial charge in [0.05, 0.1) is 24.6 Å². The maximum atomic E-state index is 12.5. The van der Waals surface area contributed by atoms with Crippen molar-refractivity contribution in [2.75, 3.05) is 7.11 Å². The van der Waals surface area contributed by atoms with Crippen molar-refractivity contribution in [3.63, 3.8) is 0 Å². The molecule has 0 bridgehead atoms. The lowest BCUT2D eigenvalue weighted by molar-refractivity contribution is -0.138. The number of carbonyl (C=O) groups excluding carboxylic acids is 1. The van der Waals surface area contributed by atoms with E-state index >= 15 is 0 Å². The Morgan fingerprint density at radius 3 is 2.62 bits per heavy atom. The summed E-state index contributed by atoms with van der Waals surface area (Å²) in [5.41, 5.74) is -0.299. The lowest BCUT2D eigenvalue weighted by atomic mass is 9.92. The number of benzene rings is 1. The van der Waals surface area contributed by atoms with Crippen LogP contribution in [0, 0.1) is 0 Å². The molecule has 0 radical (unpaired) electrons. The molecule has 0 spiro atoms. The molecule has 0 aromatic heterocycles. The van der Waals surface area contributed by atoms with Crippen molar-refractivity contribution in [3.05, 3.63) is 28.8 Å². The molecule has 6 heteroatoms. The first-order valence-corrected chi connectivity index (χ1v) is 7.21. The Labute approximate surface area is 128 Å². The monoisotopic (exact) mass is 311 g/mol. The molecule has 2 N–H and O–H groups in total. The molecule has 1 amide bonds. The van der Waals surface area contributed by atoms with Crippen LogP contribution in [0.2, 0.25) is 5.02 Å². The van der Waals surface area contributed by atoms with Gasteiger partial charge in [0.15, 0.2) is 0 Å². The second-order valence-electron chi connectivity index (χ2n) is 5.36. The van der Waals surface area contributed by atoms with Crippen LogP contribution in [0.15, 0.2) is 18.2 Å². The highest BCUT2D eigenvalue weighted by atomic mass is 35.5. The zero-order valence-corrected chi connectivity index (χ0v) is 12.6. The van der Waals surface area contributed by atoms with Crippen molar-refractivity contribution >= 4 is 23.5 Å². The van der Waals surface area contributed by atoms with Crippen LogP contribution in [-0.2, 0) is 4.79 Å². The summed E-state index contributed by atoms with van der Waals surface area (Å²) in [5, 5.41) is 12.4. The van der Waals surface area contributed by atoms with E-state index in [9.17, 15) is 9.59 Å². The average molecular weight is 312 g/mol.